The van der Waals surface area contributed by atoms with E-state index in [0.29, 0.717) is 32.1 Å². The number of aliphatic hydroxyl groups is 1. The molecule has 3 aliphatic carbocycles. The van der Waals surface area contributed by atoms with E-state index < -0.39 is 40.6 Å². The number of carbonyl (C=O) groups is 3. The number of esters is 1. The average molecular weight is 579 g/mol. The molecule has 3 aliphatic rings. The van der Waals surface area contributed by atoms with Crippen molar-refractivity contribution in [3.05, 3.63) is 47.1 Å². The summed E-state index contributed by atoms with van der Waals surface area (Å²) in [6.45, 7) is 14.6. The van der Waals surface area contributed by atoms with Crippen molar-refractivity contribution < 1.29 is 63.6 Å². The van der Waals surface area contributed by atoms with Crippen molar-refractivity contribution in [2.24, 2.45) is 28.1 Å². The molecule has 8 heteroatoms. The van der Waals surface area contributed by atoms with Crippen LogP contribution in [0.25, 0.3) is 0 Å². The van der Waals surface area contributed by atoms with Crippen molar-refractivity contribution in [3.63, 3.8) is 0 Å². The molecule has 3 rings (SSSR count). The van der Waals surface area contributed by atoms with E-state index in [9.17, 15) is 24.6 Å². The van der Waals surface area contributed by atoms with E-state index in [2.05, 4.69) is 13.8 Å². The average Bonchev–Trinajstić information content (AvgIpc) is 3.11. The van der Waals surface area contributed by atoms with Gasteiger partial charge in [-0.3, -0.25) is 9.59 Å². The summed E-state index contributed by atoms with van der Waals surface area (Å²) in [5.41, 5.74) is -0.338. The maximum Gasteiger partial charge on any atom is 1.00 e. The molecule has 0 amide bonds. The minimum Gasteiger partial charge on any atom is -0.549 e. The normalized spacial score (nSPS) is 36.0. The first-order chi connectivity index (χ1) is 18.4. The van der Waals surface area contributed by atoms with Crippen LogP contribution >= 0.6 is 0 Å². The summed E-state index contributed by atoms with van der Waals surface area (Å²) in [7, 11) is 1.56. The second-order valence-electron chi connectivity index (χ2n) is 13.4. The Hall–Kier alpha value is -1.51. The van der Waals surface area contributed by atoms with Crippen molar-refractivity contribution in [2.45, 2.75) is 105 Å². The predicted octanol–water partition coefficient (Wildman–Crippen LogP) is 1.64. The Morgan fingerprint density at radius 1 is 1.07 bits per heavy atom. The van der Waals surface area contributed by atoms with Crippen molar-refractivity contribution in [1.82, 2.24) is 0 Å². The summed E-state index contributed by atoms with van der Waals surface area (Å²) in [6.07, 6.45) is 11.2. The van der Waals surface area contributed by atoms with Gasteiger partial charge in [-0.25, -0.2) is 0 Å². The second-order valence-corrected chi connectivity index (χ2v) is 13.4. The van der Waals surface area contributed by atoms with E-state index in [1.165, 1.54) is 6.92 Å². The number of carbonyl (C=O) groups excluding carboxylic acids is 3. The number of methoxy groups -OCH3 is 1. The quantitative estimate of drug-likeness (QED) is 0.202. The van der Waals surface area contributed by atoms with Gasteiger partial charge in [0, 0.05) is 36.9 Å². The van der Waals surface area contributed by atoms with Crippen molar-refractivity contribution >= 4 is 17.7 Å². The maximum absolute atomic E-state index is 13.6. The first-order valence-corrected chi connectivity index (χ1v) is 14.3. The number of carboxylic acids is 1. The smallest absolute Gasteiger partial charge is 0.549 e. The van der Waals surface area contributed by atoms with Gasteiger partial charge < -0.3 is 24.5 Å². The van der Waals surface area contributed by atoms with Gasteiger partial charge >= 0.3 is 35.5 Å². The Morgan fingerprint density at radius 2 is 1.71 bits per heavy atom. The van der Waals surface area contributed by atoms with Crippen LogP contribution < -0.4 is 34.7 Å². The minimum atomic E-state index is -1.31. The van der Waals surface area contributed by atoms with Crippen LogP contribution in [0.15, 0.2) is 47.1 Å². The summed E-state index contributed by atoms with van der Waals surface area (Å²) in [4.78, 5) is 37.9. The molecule has 3 saturated carbocycles. The van der Waals surface area contributed by atoms with E-state index in [-0.39, 0.29) is 52.6 Å². The molecule has 0 aromatic rings. The number of hydrogen-bond donors (Lipinski definition) is 1. The topological polar surface area (TPSA) is 113 Å². The first kappa shape index (κ1) is 35.7. The second kappa shape index (κ2) is 13.0. The molecule has 7 nitrogen and oxygen atoms in total. The van der Waals surface area contributed by atoms with Crippen LogP contribution in [0.5, 0.6) is 0 Å². The number of rotatable bonds is 8. The predicted molar refractivity (Wildman–Crippen MR) is 152 cm³/mol. The van der Waals surface area contributed by atoms with Gasteiger partial charge in [-0.1, -0.05) is 56.7 Å². The molecular formula is C33H47NaO7. The molecule has 0 saturated heterocycles. The van der Waals surface area contributed by atoms with Gasteiger partial charge in [0.05, 0.1) is 11.6 Å². The minimum absolute atomic E-state index is 0. The summed E-state index contributed by atoms with van der Waals surface area (Å²) in [5, 5.41) is 22.8. The molecular weight excluding hydrogens is 531 g/mol. The fourth-order valence-electron chi connectivity index (χ4n) is 8.23. The molecule has 41 heavy (non-hydrogen) atoms. The molecule has 1 N–H and O–H groups in total. The first-order valence-electron chi connectivity index (χ1n) is 14.3. The standard InChI is InChI=1S/C33H48O7.Na/c1-20(13-14-26(39-9)30(4,5)38)11-10-12-21(2)28-23(35)19-25-31(6)18-16-27(40-22(3)34)33(8,29(36)37)24(31)15-17-32(25,28)7;/h10-14,24-27,38H,15-19H2,1-9H3,(H,36,37);/q;+1/p-1/b12-10+,14-13+,20-11-,28-21+;/t24-,25+,26?,27?,31+,32+,33?;/m1./s1. The zero-order valence-electron chi connectivity index (χ0n) is 26.6. The Balaban J connectivity index is 0.00000588. The Labute approximate surface area is 267 Å². The van der Waals surface area contributed by atoms with Crippen LogP contribution in [-0.4, -0.2) is 47.7 Å². The van der Waals surface area contributed by atoms with Gasteiger partial charge in [-0.05, 0) is 76.2 Å². The van der Waals surface area contributed by atoms with Gasteiger partial charge in [0.2, 0.25) is 0 Å². The van der Waals surface area contributed by atoms with Crippen molar-refractivity contribution in [1.29, 1.82) is 0 Å². The third kappa shape index (κ3) is 6.70. The molecule has 3 unspecified atom stereocenters. The van der Waals surface area contributed by atoms with Gasteiger partial charge in [-0.2, -0.15) is 0 Å². The summed E-state index contributed by atoms with van der Waals surface area (Å²) in [5.74, 6) is -1.81. The molecule has 222 valence electrons. The fraction of sp³-hybridized carbons (Fsp3) is 0.667. The molecule has 0 bridgehead atoms. The number of Topliss-reactive ketones (excluding diaryl/α,β-unsaturated/α-hetero) is 1. The van der Waals surface area contributed by atoms with Gasteiger partial charge in [0.25, 0.3) is 0 Å². The fourth-order valence-corrected chi connectivity index (χ4v) is 8.23. The molecule has 0 aromatic carbocycles. The van der Waals surface area contributed by atoms with Crippen LogP contribution in [0.2, 0.25) is 0 Å². The summed E-state index contributed by atoms with van der Waals surface area (Å²) >= 11 is 0. The van der Waals surface area contributed by atoms with Gasteiger partial charge in [0.1, 0.15) is 12.2 Å². The Morgan fingerprint density at radius 3 is 2.24 bits per heavy atom. The number of carboxylic acid groups (broad SMARTS) is 1. The van der Waals surface area contributed by atoms with Crippen LogP contribution in [0.1, 0.15) is 87.5 Å². The van der Waals surface area contributed by atoms with Crippen LogP contribution in [0.3, 0.4) is 0 Å². The summed E-state index contributed by atoms with van der Waals surface area (Å²) in [6, 6.07) is 0. The maximum atomic E-state index is 13.6. The number of aliphatic carboxylic acids is 1. The van der Waals surface area contributed by atoms with E-state index >= 15 is 0 Å². The van der Waals surface area contributed by atoms with E-state index in [4.69, 9.17) is 9.47 Å². The molecule has 3 fully saturated rings. The van der Waals surface area contributed by atoms with Crippen molar-refractivity contribution in [2.75, 3.05) is 7.11 Å². The van der Waals surface area contributed by atoms with E-state index in [1.807, 2.05) is 44.2 Å². The number of hydrogen-bond acceptors (Lipinski definition) is 7. The summed E-state index contributed by atoms with van der Waals surface area (Å²) < 4.78 is 10.9. The van der Waals surface area contributed by atoms with Gasteiger partial charge in [0.15, 0.2) is 5.78 Å². The monoisotopic (exact) mass is 578 g/mol. The third-order valence-electron chi connectivity index (χ3n) is 10.2. The van der Waals surface area contributed by atoms with Crippen LogP contribution in [0, 0.1) is 28.1 Å². The SMILES string of the molecule is COC(/C=C/C(C)=C\C=C\C(C)=C1/C(=O)C[C@H]2[C@@]3(C)CCC(OC(C)=O)C(C)(C(=O)[O-])[C@@H]3CC[C@]12C)C(C)(C)O.[Na+]. The largest absolute Gasteiger partial charge is 1.00 e. The van der Waals surface area contributed by atoms with Crippen LogP contribution in [-0.2, 0) is 23.9 Å². The van der Waals surface area contributed by atoms with Crippen molar-refractivity contribution in [3.8, 4) is 0 Å². The zero-order valence-corrected chi connectivity index (χ0v) is 28.6. The molecule has 0 spiro atoms. The van der Waals surface area contributed by atoms with Gasteiger partial charge in [-0.15, -0.1) is 0 Å². The zero-order chi connectivity index (χ0) is 30.3. The number of ether oxygens (including phenoxy) is 2. The van der Waals surface area contributed by atoms with Crippen LogP contribution in [0.4, 0.5) is 0 Å². The third-order valence-corrected chi connectivity index (χ3v) is 10.2. The molecule has 0 aromatic heterocycles. The number of allylic oxidation sites excluding steroid dienone is 7. The van der Waals surface area contributed by atoms with E-state index in [1.54, 1.807) is 27.9 Å². The Bertz CT molecular complexity index is 1160. The molecule has 0 aliphatic heterocycles. The Kier molecular flexibility index (Phi) is 11.3. The number of fused-ring (bicyclic) bond motifs is 3. The molecule has 7 atom stereocenters. The molecule has 0 heterocycles. The number of ketones is 1. The molecule has 0 radical (unpaired) electrons. The van der Waals surface area contributed by atoms with E-state index in [0.717, 1.165) is 16.7 Å².